The third kappa shape index (κ3) is 5.71. The van der Waals surface area contributed by atoms with Gasteiger partial charge in [-0.2, -0.15) is 0 Å². The van der Waals surface area contributed by atoms with E-state index in [4.69, 9.17) is 9.47 Å². The van der Waals surface area contributed by atoms with E-state index >= 15 is 0 Å². The number of ether oxygens (including phenoxy) is 2. The Morgan fingerprint density at radius 1 is 0.964 bits per heavy atom. The van der Waals surface area contributed by atoms with Crippen molar-refractivity contribution in [2.24, 2.45) is 0 Å². The molecule has 28 heavy (non-hydrogen) atoms. The second kappa shape index (κ2) is 10.5. The van der Waals surface area contributed by atoms with Gasteiger partial charge in [-0.1, -0.05) is 37.3 Å². The summed E-state index contributed by atoms with van der Waals surface area (Å²) in [4.78, 5) is 4.69. The molecule has 0 radical (unpaired) electrons. The van der Waals surface area contributed by atoms with E-state index in [1.807, 2.05) is 30.3 Å². The van der Waals surface area contributed by atoms with E-state index in [2.05, 4.69) is 41.0 Å². The van der Waals surface area contributed by atoms with Crippen LogP contribution in [0, 0.1) is 0 Å². The highest BCUT2D eigenvalue weighted by molar-refractivity contribution is 5.49. The molecular formula is C23H32N2O3. The Kier molecular flexibility index (Phi) is 7.71. The molecule has 3 rings (SSSR count). The summed E-state index contributed by atoms with van der Waals surface area (Å²) < 4.78 is 11.2. The summed E-state index contributed by atoms with van der Waals surface area (Å²) >= 11 is 0. The molecule has 1 aliphatic heterocycles. The Morgan fingerprint density at radius 2 is 1.64 bits per heavy atom. The molecule has 0 bridgehead atoms. The molecule has 2 aromatic rings. The van der Waals surface area contributed by atoms with Crippen LogP contribution in [0.5, 0.6) is 5.75 Å². The van der Waals surface area contributed by atoms with Crippen LogP contribution < -0.4 is 9.64 Å². The number of anilines is 1. The molecule has 0 aliphatic carbocycles. The zero-order valence-corrected chi connectivity index (χ0v) is 17.0. The molecule has 0 aromatic heterocycles. The van der Waals surface area contributed by atoms with Gasteiger partial charge in [-0.3, -0.25) is 4.90 Å². The summed E-state index contributed by atoms with van der Waals surface area (Å²) in [5, 5.41) is 10.4. The van der Waals surface area contributed by atoms with E-state index in [1.54, 1.807) is 7.11 Å². The molecule has 152 valence electrons. The number of hydrogen-bond acceptors (Lipinski definition) is 5. The van der Waals surface area contributed by atoms with E-state index in [1.165, 1.54) is 11.3 Å². The van der Waals surface area contributed by atoms with Crippen molar-refractivity contribution in [3.05, 3.63) is 60.2 Å². The minimum absolute atomic E-state index is 0.0442. The standard InChI is InChI=1S/C23H32N2O3/c1-3-23(19-7-5-4-6-8-19)28-18-21(26)17-24-13-15-25(16-14-24)20-9-11-22(27-2)12-10-20/h4-12,21,23,26H,3,13-18H2,1-2H3/t21-,23+/m1/s1. The van der Waals surface area contributed by atoms with Gasteiger partial charge in [0, 0.05) is 38.4 Å². The first kappa shape index (κ1) is 20.6. The van der Waals surface area contributed by atoms with Crippen LogP contribution in [0.3, 0.4) is 0 Å². The van der Waals surface area contributed by atoms with Crippen molar-refractivity contribution < 1.29 is 14.6 Å². The number of β-amino-alcohol motifs (C(OH)–C–C–N with tert-alkyl or cyclic N) is 1. The number of methoxy groups -OCH3 is 1. The van der Waals surface area contributed by atoms with E-state index in [9.17, 15) is 5.11 Å². The normalized spacial score (nSPS) is 17.3. The zero-order valence-electron chi connectivity index (χ0n) is 17.0. The molecule has 0 amide bonds. The second-order valence-corrected chi connectivity index (χ2v) is 7.28. The fourth-order valence-electron chi connectivity index (χ4n) is 3.68. The Balaban J connectivity index is 1.41. The maximum absolute atomic E-state index is 10.4. The first-order valence-electron chi connectivity index (χ1n) is 10.2. The Hall–Kier alpha value is -2.08. The van der Waals surface area contributed by atoms with Gasteiger partial charge in [-0.25, -0.2) is 0 Å². The predicted molar refractivity (Wildman–Crippen MR) is 113 cm³/mol. The van der Waals surface area contributed by atoms with Crippen LogP contribution in [-0.4, -0.2) is 62.6 Å². The third-order valence-electron chi connectivity index (χ3n) is 5.31. The van der Waals surface area contributed by atoms with Crippen molar-refractivity contribution >= 4 is 5.69 Å². The molecule has 1 heterocycles. The van der Waals surface area contributed by atoms with Gasteiger partial charge in [0.1, 0.15) is 5.75 Å². The summed E-state index contributed by atoms with van der Waals surface area (Å²) in [6.07, 6.45) is 0.477. The van der Waals surface area contributed by atoms with Gasteiger partial charge in [0.05, 0.1) is 25.9 Å². The minimum atomic E-state index is -0.467. The van der Waals surface area contributed by atoms with Gasteiger partial charge in [-0.05, 0) is 36.2 Å². The second-order valence-electron chi connectivity index (χ2n) is 7.28. The Bertz CT molecular complexity index is 685. The smallest absolute Gasteiger partial charge is 0.119 e. The molecule has 1 aliphatic rings. The maximum atomic E-state index is 10.4. The van der Waals surface area contributed by atoms with E-state index in [-0.39, 0.29) is 6.10 Å². The number of piperazine rings is 1. The van der Waals surface area contributed by atoms with Crippen LogP contribution in [0.4, 0.5) is 5.69 Å². The van der Waals surface area contributed by atoms with Gasteiger partial charge in [-0.15, -0.1) is 0 Å². The first-order valence-corrected chi connectivity index (χ1v) is 10.2. The van der Waals surface area contributed by atoms with E-state index in [0.717, 1.165) is 38.3 Å². The fraction of sp³-hybridized carbons (Fsp3) is 0.478. The van der Waals surface area contributed by atoms with Crippen molar-refractivity contribution in [2.45, 2.75) is 25.6 Å². The molecular weight excluding hydrogens is 352 g/mol. The van der Waals surface area contributed by atoms with Crippen LogP contribution >= 0.6 is 0 Å². The van der Waals surface area contributed by atoms with Crippen LogP contribution in [-0.2, 0) is 4.74 Å². The Morgan fingerprint density at radius 3 is 2.25 bits per heavy atom. The van der Waals surface area contributed by atoms with Gasteiger partial charge >= 0.3 is 0 Å². The van der Waals surface area contributed by atoms with Gasteiger partial charge in [0.15, 0.2) is 0 Å². The molecule has 1 fully saturated rings. The minimum Gasteiger partial charge on any atom is -0.497 e. The predicted octanol–water partition coefficient (Wildman–Crippen LogP) is 3.35. The summed E-state index contributed by atoms with van der Waals surface area (Å²) in [5.41, 5.74) is 2.39. The summed E-state index contributed by atoms with van der Waals surface area (Å²) in [7, 11) is 1.69. The number of hydrogen-bond donors (Lipinski definition) is 1. The van der Waals surface area contributed by atoms with Crippen LogP contribution in [0.25, 0.3) is 0 Å². The number of benzene rings is 2. The van der Waals surface area contributed by atoms with Crippen LogP contribution in [0.2, 0.25) is 0 Å². The highest BCUT2D eigenvalue weighted by Crippen LogP contribution is 2.22. The Labute approximate surface area is 168 Å². The molecule has 1 N–H and O–H groups in total. The average molecular weight is 385 g/mol. The monoisotopic (exact) mass is 384 g/mol. The largest absolute Gasteiger partial charge is 0.497 e. The molecule has 0 spiro atoms. The lowest BCUT2D eigenvalue weighted by Crippen LogP contribution is -2.49. The third-order valence-corrected chi connectivity index (χ3v) is 5.31. The summed E-state index contributed by atoms with van der Waals surface area (Å²) in [5.74, 6) is 0.881. The SMILES string of the molecule is CC[C@H](OC[C@H](O)CN1CCN(c2ccc(OC)cc2)CC1)c1ccccc1. The van der Waals surface area contributed by atoms with E-state index < -0.39 is 6.10 Å². The fourth-order valence-corrected chi connectivity index (χ4v) is 3.68. The number of rotatable bonds is 9. The zero-order chi connectivity index (χ0) is 19.8. The van der Waals surface area contributed by atoms with Crippen molar-refractivity contribution in [2.75, 3.05) is 51.3 Å². The molecule has 1 saturated heterocycles. The van der Waals surface area contributed by atoms with E-state index in [0.29, 0.717) is 13.2 Å². The van der Waals surface area contributed by atoms with Crippen LogP contribution in [0.1, 0.15) is 25.0 Å². The van der Waals surface area contributed by atoms with Crippen molar-refractivity contribution in [1.82, 2.24) is 4.90 Å². The lowest BCUT2D eigenvalue weighted by atomic mass is 10.1. The maximum Gasteiger partial charge on any atom is 0.119 e. The first-order chi connectivity index (χ1) is 13.7. The highest BCUT2D eigenvalue weighted by atomic mass is 16.5. The summed E-state index contributed by atoms with van der Waals surface area (Å²) in [6, 6.07) is 18.4. The molecule has 2 atom stereocenters. The quantitative estimate of drug-likeness (QED) is 0.718. The van der Waals surface area contributed by atoms with Crippen LogP contribution in [0.15, 0.2) is 54.6 Å². The molecule has 0 saturated carbocycles. The lowest BCUT2D eigenvalue weighted by Gasteiger charge is -2.37. The number of nitrogens with zero attached hydrogens (tertiary/aromatic N) is 2. The average Bonchev–Trinajstić information content (AvgIpc) is 2.75. The lowest BCUT2D eigenvalue weighted by molar-refractivity contribution is -0.0240. The summed E-state index contributed by atoms with van der Waals surface area (Å²) in [6.45, 7) is 6.94. The van der Waals surface area contributed by atoms with Gasteiger partial charge in [0.2, 0.25) is 0 Å². The molecule has 5 heteroatoms. The topological polar surface area (TPSA) is 45.2 Å². The van der Waals surface area contributed by atoms with Gasteiger partial charge < -0.3 is 19.5 Å². The molecule has 2 aromatic carbocycles. The molecule has 0 unspecified atom stereocenters. The van der Waals surface area contributed by atoms with Crippen molar-refractivity contribution in [3.63, 3.8) is 0 Å². The number of aliphatic hydroxyl groups excluding tert-OH is 1. The van der Waals surface area contributed by atoms with Gasteiger partial charge in [0.25, 0.3) is 0 Å². The van der Waals surface area contributed by atoms with Crippen molar-refractivity contribution in [1.29, 1.82) is 0 Å². The molecule has 5 nitrogen and oxygen atoms in total. The number of aliphatic hydroxyl groups is 1. The van der Waals surface area contributed by atoms with Crippen molar-refractivity contribution in [3.8, 4) is 5.75 Å². The highest BCUT2D eigenvalue weighted by Gasteiger charge is 2.20.